The average molecular weight is 271 g/mol. The highest BCUT2D eigenvalue weighted by molar-refractivity contribution is 5.82. The van der Waals surface area contributed by atoms with Gasteiger partial charge in [0.15, 0.2) is 0 Å². The van der Waals surface area contributed by atoms with E-state index >= 15 is 0 Å². The number of esters is 1. The number of rotatable bonds is 6. The van der Waals surface area contributed by atoms with E-state index in [1.165, 1.54) is 0 Å². The lowest BCUT2D eigenvalue weighted by Gasteiger charge is -2.38. The maximum absolute atomic E-state index is 12.0. The van der Waals surface area contributed by atoms with Crippen molar-refractivity contribution in [3.05, 3.63) is 0 Å². The summed E-state index contributed by atoms with van der Waals surface area (Å²) in [6.07, 6.45) is 0.323. The fourth-order valence-corrected chi connectivity index (χ4v) is 2.36. The summed E-state index contributed by atoms with van der Waals surface area (Å²) in [6.45, 7) is 8.91. The molecule has 110 valence electrons. The number of amides is 1. The molecule has 0 aromatic heterocycles. The number of hydrogen-bond donors (Lipinski definition) is 2. The first-order valence-electron chi connectivity index (χ1n) is 6.99. The fraction of sp³-hybridized carbons (Fsp3) is 0.846. The highest BCUT2D eigenvalue weighted by Gasteiger charge is 2.32. The second-order valence-electron chi connectivity index (χ2n) is 4.71. The lowest BCUT2D eigenvalue weighted by molar-refractivity contribution is -0.145. The van der Waals surface area contributed by atoms with Crippen molar-refractivity contribution in [3.63, 3.8) is 0 Å². The lowest BCUT2D eigenvalue weighted by Crippen LogP contribution is -2.60. The Balaban J connectivity index is 2.60. The highest BCUT2D eigenvalue weighted by Crippen LogP contribution is 2.12. The molecule has 0 spiro atoms. The van der Waals surface area contributed by atoms with E-state index in [1.807, 2.05) is 13.8 Å². The van der Waals surface area contributed by atoms with Gasteiger partial charge in [-0.05, 0) is 20.8 Å². The Morgan fingerprint density at radius 3 is 2.84 bits per heavy atom. The summed E-state index contributed by atoms with van der Waals surface area (Å²) >= 11 is 0. The number of nitrogens with one attached hydrogen (secondary N) is 2. The maximum Gasteiger partial charge on any atom is 0.307 e. The van der Waals surface area contributed by atoms with E-state index < -0.39 is 0 Å². The quantitative estimate of drug-likeness (QED) is 0.651. The molecule has 0 bridgehead atoms. The van der Waals surface area contributed by atoms with Gasteiger partial charge in [-0.25, -0.2) is 0 Å². The molecular weight excluding hydrogens is 246 g/mol. The molecule has 1 amide bonds. The first kappa shape index (κ1) is 15.9. The van der Waals surface area contributed by atoms with Gasteiger partial charge in [0, 0.05) is 32.2 Å². The first-order chi connectivity index (χ1) is 9.10. The molecule has 1 aliphatic rings. The Morgan fingerprint density at radius 1 is 1.47 bits per heavy atom. The van der Waals surface area contributed by atoms with E-state index in [0.29, 0.717) is 26.1 Å². The van der Waals surface area contributed by atoms with Crippen molar-refractivity contribution in [1.29, 1.82) is 0 Å². The van der Waals surface area contributed by atoms with Crippen molar-refractivity contribution in [2.75, 3.05) is 32.8 Å². The second-order valence-corrected chi connectivity index (χ2v) is 4.71. The molecule has 1 rings (SSSR count). The van der Waals surface area contributed by atoms with Crippen LogP contribution >= 0.6 is 0 Å². The van der Waals surface area contributed by atoms with Gasteiger partial charge in [0.2, 0.25) is 5.91 Å². The van der Waals surface area contributed by atoms with Crippen LogP contribution in [0.25, 0.3) is 0 Å². The number of likely N-dealkylation sites (N-methyl/N-ethyl adjacent to an activating group) is 1. The third-order valence-corrected chi connectivity index (χ3v) is 3.27. The third kappa shape index (κ3) is 4.80. The van der Waals surface area contributed by atoms with Crippen LogP contribution in [0, 0.1) is 0 Å². The van der Waals surface area contributed by atoms with E-state index in [9.17, 15) is 9.59 Å². The molecule has 2 unspecified atom stereocenters. The first-order valence-corrected chi connectivity index (χ1v) is 6.99. The number of piperazine rings is 1. The molecule has 1 aliphatic heterocycles. The molecule has 0 aromatic carbocycles. The van der Waals surface area contributed by atoms with Crippen molar-refractivity contribution in [2.45, 2.75) is 39.3 Å². The van der Waals surface area contributed by atoms with Crippen molar-refractivity contribution >= 4 is 11.9 Å². The van der Waals surface area contributed by atoms with Gasteiger partial charge in [-0.3, -0.25) is 14.5 Å². The summed E-state index contributed by atoms with van der Waals surface area (Å²) in [5, 5.41) is 6.06. The molecule has 0 aromatic rings. The molecular formula is C13H25N3O3. The standard InChI is InChI=1S/C13H25N3O3/c1-4-15-13(18)11-9-14-6-7-16(11)10(3)8-12(17)19-5-2/h10-11,14H,4-9H2,1-3H3,(H,15,18). The van der Waals surface area contributed by atoms with Gasteiger partial charge in [-0.2, -0.15) is 0 Å². The van der Waals surface area contributed by atoms with E-state index in [2.05, 4.69) is 15.5 Å². The Kier molecular flexibility index (Phi) is 6.80. The Labute approximate surface area is 114 Å². The zero-order chi connectivity index (χ0) is 14.3. The van der Waals surface area contributed by atoms with Crippen LogP contribution < -0.4 is 10.6 Å². The largest absolute Gasteiger partial charge is 0.466 e. The molecule has 1 fully saturated rings. The number of carbonyl (C=O) groups excluding carboxylic acids is 2. The van der Waals surface area contributed by atoms with Crippen LogP contribution in [-0.4, -0.2) is 61.6 Å². The predicted molar refractivity (Wildman–Crippen MR) is 72.8 cm³/mol. The average Bonchev–Trinajstić information content (AvgIpc) is 2.39. The van der Waals surface area contributed by atoms with Crippen molar-refractivity contribution in [2.24, 2.45) is 0 Å². The van der Waals surface area contributed by atoms with Crippen molar-refractivity contribution < 1.29 is 14.3 Å². The molecule has 2 N–H and O–H groups in total. The van der Waals surface area contributed by atoms with Crippen molar-refractivity contribution in [3.8, 4) is 0 Å². The molecule has 0 aliphatic carbocycles. The van der Waals surface area contributed by atoms with Crippen LogP contribution in [0.2, 0.25) is 0 Å². The van der Waals surface area contributed by atoms with Gasteiger partial charge < -0.3 is 15.4 Å². The van der Waals surface area contributed by atoms with Crippen LogP contribution in [0.15, 0.2) is 0 Å². The Bertz CT molecular complexity index is 310. The SMILES string of the molecule is CCNC(=O)C1CNCCN1C(C)CC(=O)OCC. The Morgan fingerprint density at radius 2 is 2.21 bits per heavy atom. The van der Waals surface area contributed by atoms with E-state index in [0.717, 1.165) is 13.1 Å². The lowest BCUT2D eigenvalue weighted by atomic mass is 10.1. The third-order valence-electron chi connectivity index (χ3n) is 3.27. The topological polar surface area (TPSA) is 70.7 Å². The smallest absolute Gasteiger partial charge is 0.307 e. The molecule has 6 heteroatoms. The number of nitrogens with zero attached hydrogens (tertiary/aromatic N) is 1. The maximum atomic E-state index is 12.0. The van der Waals surface area contributed by atoms with Gasteiger partial charge in [0.25, 0.3) is 0 Å². The van der Waals surface area contributed by atoms with Gasteiger partial charge in [-0.15, -0.1) is 0 Å². The van der Waals surface area contributed by atoms with Crippen molar-refractivity contribution in [1.82, 2.24) is 15.5 Å². The Hall–Kier alpha value is -1.14. The predicted octanol–water partition coefficient (Wildman–Crippen LogP) is -0.262. The van der Waals surface area contributed by atoms with Crippen LogP contribution in [0.1, 0.15) is 27.2 Å². The summed E-state index contributed by atoms with van der Waals surface area (Å²) in [5.74, 6) is -0.186. The monoisotopic (exact) mass is 271 g/mol. The molecule has 0 saturated carbocycles. The van der Waals surface area contributed by atoms with Gasteiger partial charge in [-0.1, -0.05) is 0 Å². The van der Waals surface area contributed by atoms with Gasteiger partial charge >= 0.3 is 5.97 Å². The van der Waals surface area contributed by atoms with Gasteiger partial charge in [0.05, 0.1) is 13.0 Å². The molecule has 6 nitrogen and oxygen atoms in total. The van der Waals surface area contributed by atoms with Crippen LogP contribution in [-0.2, 0) is 14.3 Å². The minimum Gasteiger partial charge on any atom is -0.466 e. The highest BCUT2D eigenvalue weighted by atomic mass is 16.5. The fourth-order valence-electron chi connectivity index (χ4n) is 2.36. The number of hydrogen-bond acceptors (Lipinski definition) is 5. The molecule has 1 saturated heterocycles. The minimum atomic E-state index is -0.210. The molecule has 2 atom stereocenters. The molecule has 0 radical (unpaired) electrons. The molecule has 19 heavy (non-hydrogen) atoms. The van der Waals surface area contributed by atoms with Crippen LogP contribution in [0.3, 0.4) is 0 Å². The zero-order valence-corrected chi connectivity index (χ0v) is 12.1. The van der Waals surface area contributed by atoms with Crippen LogP contribution in [0.5, 0.6) is 0 Å². The normalized spacial score (nSPS) is 21.7. The van der Waals surface area contributed by atoms with Crippen LogP contribution in [0.4, 0.5) is 0 Å². The summed E-state index contributed by atoms with van der Waals surface area (Å²) in [4.78, 5) is 25.6. The molecule has 1 heterocycles. The summed E-state index contributed by atoms with van der Waals surface area (Å²) in [6, 6.07) is -0.202. The van der Waals surface area contributed by atoms with E-state index in [-0.39, 0.29) is 24.0 Å². The number of ether oxygens (including phenoxy) is 1. The summed E-state index contributed by atoms with van der Waals surface area (Å²) in [7, 11) is 0. The second kappa shape index (κ2) is 8.12. The van der Waals surface area contributed by atoms with E-state index in [1.54, 1.807) is 6.92 Å². The summed E-state index contributed by atoms with van der Waals surface area (Å²) < 4.78 is 4.96. The van der Waals surface area contributed by atoms with E-state index in [4.69, 9.17) is 4.74 Å². The summed E-state index contributed by atoms with van der Waals surface area (Å²) in [5.41, 5.74) is 0. The minimum absolute atomic E-state index is 0.00811. The zero-order valence-electron chi connectivity index (χ0n) is 12.1. The van der Waals surface area contributed by atoms with Gasteiger partial charge in [0.1, 0.15) is 6.04 Å². The number of carbonyl (C=O) groups is 2.